The van der Waals surface area contributed by atoms with E-state index in [9.17, 15) is 19.2 Å². The van der Waals surface area contributed by atoms with Crippen LogP contribution in [0.5, 0.6) is 0 Å². The van der Waals surface area contributed by atoms with E-state index in [0.29, 0.717) is 17.2 Å². The lowest BCUT2D eigenvalue weighted by molar-refractivity contribution is -0.130. The van der Waals surface area contributed by atoms with Gasteiger partial charge in [0.05, 0.1) is 16.7 Å². The summed E-state index contributed by atoms with van der Waals surface area (Å²) in [6.07, 6.45) is 0. The summed E-state index contributed by atoms with van der Waals surface area (Å²) in [5.74, 6) is -1.01. The van der Waals surface area contributed by atoms with Crippen molar-refractivity contribution in [2.75, 3.05) is 23.0 Å². The smallest absolute Gasteiger partial charge is 0.251 e. The molecule has 9 nitrogen and oxygen atoms in total. The lowest BCUT2D eigenvalue weighted by Gasteiger charge is -2.30. The molecule has 2 aliphatic rings. The summed E-state index contributed by atoms with van der Waals surface area (Å²) < 4.78 is 0. The first-order valence-corrected chi connectivity index (χ1v) is 12.1. The van der Waals surface area contributed by atoms with Gasteiger partial charge in [0, 0.05) is 10.6 Å². The zero-order chi connectivity index (χ0) is 22.7. The number of nitrogens with zero attached hydrogens (tertiary/aromatic N) is 1. The molecular formula is C22H24N4O5S2. The van der Waals surface area contributed by atoms with Gasteiger partial charge in [-0.1, -0.05) is 42.5 Å². The summed E-state index contributed by atoms with van der Waals surface area (Å²) in [6.45, 7) is -0.305. The SMILES string of the molecule is NC(=O)CN1C(=O)[C@@H](NC(=O)C2CSCC(=O)N2)[C@H](c2ccccc2)Sc2ccccc21.O. The van der Waals surface area contributed by atoms with E-state index in [0.717, 1.165) is 10.5 Å². The Hall–Kier alpha value is -3.02. The fourth-order valence-electron chi connectivity index (χ4n) is 3.70. The Morgan fingerprint density at radius 2 is 1.79 bits per heavy atom. The number of nitrogens with two attached hydrogens (primary N) is 1. The minimum absolute atomic E-state index is 0. The van der Waals surface area contributed by atoms with Crippen LogP contribution in [0.2, 0.25) is 0 Å². The first-order valence-electron chi connectivity index (χ1n) is 10.0. The maximum Gasteiger partial charge on any atom is 0.251 e. The van der Waals surface area contributed by atoms with E-state index in [2.05, 4.69) is 10.6 Å². The fourth-order valence-corrected chi connectivity index (χ4v) is 5.90. The van der Waals surface area contributed by atoms with Crippen molar-refractivity contribution in [3.8, 4) is 0 Å². The quantitative estimate of drug-likeness (QED) is 0.548. The monoisotopic (exact) mass is 488 g/mol. The molecule has 4 rings (SSSR count). The molecule has 0 bridgehead atoms. The third-order valence-corrected chi connectivity index (χ3v) is 7.59. The number of carbonyl (C=O) groups excluding carboxylic acids is 4. The first-order chi connectivity index (χ1) is 15.4. The van der Waals surface area contributed by atoms with Crippen LogP contribution < -0.4 is 21.3 Å². The molecule has 0 aliphatic carbocycles. The van der Waals surface area contributed by atoms with Crippen molar-refractivity contribution in [1.29, 1.82) is 0 Å². The Labute approximate surface area is 199 Å². The number of para-hydroxylation sites is 1. The van der Waals surface area contributed by atoms with Gasteiger partial charge in [0.1, 0.15) is 18.6 Å². The first kappa shape index (κ1) is 24.6. The second-order valence-electron chi connectivity index (χ2n) is 7.43. The van der Waals surface area contributed by atoms with E-state index in [1.54, 1.807) is 12.1 Å². The largest absolute Gasteiger partial charge is 0.412 e. The number of nitrogens with one attached hydrogen (secondary N) is 2. The lowest BCUT2D eigenvalue weighted by atomic mass is 10.0. The number of rotatable bonds is 5. The van der Waals surface area contributed by atoms with Gasteiger partial charge in [-0.05, 0) is 17.7 Å². The molecule has 1 unspecified atom stereocenters. The molecule has 2 aromatic carbocycles. The predicted octanol–water partition coefficient (Wildman–Crippen LogP) is 0.244. The number of amides is 4. The van der Waals surface area contributed by atoms with Gasteiger partial charge in [-0.15, -0.1) is 23.5 Å². The summed E-state index contributed by atoms with van der Waals surface area (Å²) >= 11 is 2.81. The van der Waals surface area contributed by atoms with Gasteiger partial charge in [-0.3, -0.25) is 19.2 Å². The normalized spacial score (nSPS) is 22.3. The Bertz CT molecular complexity index is 1050. The molecule has 2 heterocycles. The highest BCUT2D eigenvalue weighted by molar-refractivity contribution is 8.00. The zero-order valence-corrected chi connectivity index (χ0v) is 19.2. The maximum atomic E-state index is 13.7. The Kier molecular flexibility index (Phi) is 8.01. The van der Waals surface area contributed by atoms with Crippen molar-refractivity contribution in [3.05, 3.63) is 60.2 Å². The maximum absolute atomic E-state index is 13.7. The van der Waals surface area contributed by atoms with E-state index in [4.69, 9.17) is 5.73 Å². The van der Waals surface area contributed by atoms with E-state index >= 15 is 0 Å². The molecule has 4 amide bonds. The number of hydrogen-bond acceptors (Lipinski definition) is 6. The van der Waals surface area contributed by atoms with Crippen LogP contribution in [-0.4, -0.2) is 59.2 Å². The lowest BCUT2D eigenvalue weighted by Crippen LogP contribution is -2.58. The average Bonchev–Trinajstić information content (AvgIpc) is 2.90. The van der Waals surface area contributed by atoms with Gasteiger partial charge in [0.25, 0.3) is 5.91 Å². The number of benzene rings is 2. The van der Waals surface area contributed by atoms with Crippen molar-refractivity contribution in [2.24, 2.45) is 5.73 Å². The van der Waals surface area contributed by atoms with E-state index < -0.39 is 35.1 Å². The highest BCUT2D eigenvalue weighted by Gasteiger charge is 2.41. The Balaban J connectivity index is 0.00000306. The molecule has 0 spiro atoms. The van der Waals surface area contributed by atoms with E-state index in [-0.39, 0.29) is 17.9 Å². The molecule has 2 aromatic rings. The van der Waals surface area contributed by atoms with Crippen LogP contribution in [-0.2, 0) is 19.2 Å². The van der Waals surface area contributed by atoms with Crippen molar-refractivity contribution in [2.45, 2.75) is 22.2 Å². The molecule has 2 aliphatic heterocycles. The minimum atomic E-state index is -0.967. The van der Waals surface area contributed by atoms with Crippen molar-refractivity contribution in [1.82, 2.24) is 10.6 Å². The summed E-state index contributed by atoms with van der Waals surface area (Å²) in [7, 11) is 0. The van der Waals surface area contributed by atoms with Crippen LogP contribution in [0, 0.1) is 0 Å². The Morgan fingerprint density at radius 3 is 2.48 bits per heavy atom. The van der Waals surface area contributed by atoms with Crippen molar-refractivity contribution in [3.63, 3.8) is 0 Å². The van der Waals surface area contributed by atoms with Crippen molar-refractivity contribution >= 4 is 52.8 Å². The molecule has 1 fully saturated rings. The fraction of sp³-hybridized carbons (Fsp3) is 0.273. The number of anilines is 1. The minimum Gasteiger partial charge on any atom is -0.412 e. The van der Waals surface area contributed by atoms with Gasteiger partial charge in [-0.25, -0.2) is 0 Å². The molecule has 11 heteroatoms. The van der Waals surface area contributed by atoms with Crippen LogP contribution in [0.1, 0.15) is 10.8 Å². The molecule has 33 heavy (non-hydrogen) atoms. The molecule has 3 atom stereocenters. The van der Waals surface area contributed by atoms with Crippen molar-refractivity contribution < 1.29 is 24.7 Å². The predicted molar refractivity (Wildman–Crippen MR) is 128 cm³/mol. The zero-order valence-electron chi connectivity index (χ0n) is 17.5. The Morgan fingerprint density at radius 1 is 1.09 bits per heavy atom. The molecule has 1 saturated heterocycles. The van der Waals surface area contributed by atoms with Crippen LogP contribution in [0.3, 0.4) is 0 Å². The summed E-state index contributed by atoms with van der Waals surface area (Å²) in [5, 5.41) is 5.08. The number of carbonyl (C=O) groups is 4. The summed E-state index contributed by atoms with van der Waals surface area (Å²) in [6, 6.07) is 15.0. The van der Waals surface area contributed by atoms with Gasteiger partial charge < -0.3 is 26.7 Å². The van der Waals surface area contributed by atoms with Gasteiger partial charge in [0.15, 0.2) is 0 Å². The van der Waals surface area contributed by atoms with Gasteiger partial charge in [0.2, 0.25) is 17.7 Å². The van der Waals surface area contributed by atoms with Crippen LogP contribution in [0.25, 0.3) is 0 Å². The molecular weight excluding hydrogens is 464 g/mol. The molecule has 0 radical (unpaired) electrons. The summed E-state index contributed by atoms with van der Waals surface area (Å²) in [4.78, 5) is 52.4. The highest BCUT2D eigenvalue weighted by Crippen LogP contribution is 2.45. The molecule has 174 valence electrons. The topological polar surface area (TPSA) is 153 Å². The standard InChI is InChI=1S/C22H22N4O4S2.H2O/c23-17(27)10-26-15-8-4-5-9-16(15)32-20(13-6-2-1-3-7-13)19(22(26)30)25-21(29)14-11-31-12-18(28)24-14;/h1-9,14,19-20H,10-12H2,(H2,23,27)(H,24,28)(H,25,29);1H2/t14?,19-,20-;/m0./s1. The third-order valence-electron chi connectivity index (χ3n) is 5.15. The second kappa shape index (κ2) is 10.7. The third kappa shape index (κ3) is 5.49. The number of primary amides is 1. The summed E-state index contributed by atoms with van der Waals surface area (Å²) in [5.41, 5.74) is 6.87. The van der Waals surface area contributed by atoms with E-state index in [1.165, 1.54) is 28.4 Å². The average molecular weight is 489 g/mol. The molecule has 6 N–H and O–H groups in total. The highest BCUT2D eigenvalue weighted by atomic mass is 32.2. The number of fused-ring (bicyclic) bond motifs is 1. The number of thioether (sulfide) groups is 2. The number of hydrogen-bond donors (Lipinski definition) is 3. The van der Waals surface area contributed by atoms with Gasteiger partial charge >= 0.3 is 0 Å². The second-order valence-corrected chi connectivity index (χ2v) is 9.64. The molecule has 0 aromatic heterocycles. The van der Waals surface area contributed by atoms with Crippen LogP contribution in [0.15, 0.2) is 59.5 Å². The van der Waals surface area contributed by atoms with E-state index in [1.807, 2.05) is 42.5 Å². The van der Waals surface area contributed by atoms with Crippen LogP contribution >= 0.6 is 23.5 Å². The van der Waals surface area contributed by atoms with Gasteiger partial charge in [-0.2, -0.15) is 0 Å². The molecule has 0 saturated carbocycles. The van der Waals surface area contributed by atoms with Crippen LogP contribution in [0.4, 0.5) is 5.69 Å².